The summed E-state index contributed by atoms with van der Waals surface area (Å²) in [5.41, 5.74) is 7.59. The average Bonchev–Trinajstić information content (AvgIpc) is 2.61. The predicted molar refractivity (Wildman–Crippen MR) is 95.3 cm³/mol. The van der Waals surface area contributed by atoms with Crippen molar-refractivity contribution >= 4 is 23.4 Å². The predicted octanol–water partition coefficient (Wildman–Crippen LogP) is 2.12. The normalized spacial score (nSPS) is 10.3. The lowest BCUT2D eigenvalue weighted by Gasteiger charge is -2.09. The highest BCUT2D eigenvalue weighted by atomic mass is 16.3. The number of nitrogens with two attached hydrogens (primary N) is 1. The molecule has 8 heteroatoms. The number of carbonyl (C=O) groups excluding carboxylic acids is 1. The molecular formula is C17H16N6O2. The summed E-state index contributed by atoms with van der Waals surface area (Å²) in [7, 11) is 1.74. The highest BCUT2D eigenvalue weighted by Gasteiger charge is 2.13. The van der Waals surface area contributed by atoms with Crippen molar-refractivity contribution in [1.82, 2.24) is 15.0 Å². The van der Waals surface area contributed by atoms with E-state index in [0.717, 1.165) is 5.56 Å². The maximum Gasteiger partial charge on any atom is 0.278 e. The summed E-state index contributed by atoms with van der Waals surface area (Å²) in [5.74, 6) is 0.0526. The molecule has 8 nitrogen and oxygen atoms in total. The van der Waals surface area contributed by atoms with Gasteiger partial charge < -0.3 is 21.5 Å². The molecule has 25 heavy (non-hydrogen) atoms. The van der Waals surface area contributed by atoms with E-state index in [9.17, 15) is 9.90 Å². The third-order valence-corrected chi connectivity index (χ3v) is 3.42. The molecule has 1 aromatic carbocycles. The standard InChI is InChI=1S/C17H16N6O2/c1-19-14-9-12(22-17(18)23-14)10-4-2-5-11(8-10)21-16(25)15-13(24)6-3-7-20-15/h2-9,24H,1H3,(H,21,25)(H3,18,19,22,23). The second-order valence-corrected chi connectivity index (χ2v) is 5.15. The molecule has 2 aromatic heterocycles. The first-order chi connectivity index (χ1) is 12.1. The van der Waals surface area contributed by atoms with E-state index < -0.39 is 5.91 Å². The van der Waals surface area contributed by atoms with Gasteiger partial charge in [0.1, 0.15) is 11.6 Å². The Kier molecular flexibility index (Phi) is 4.42. The molecule has 0 saturated heterocycles. The Balaban J connectivity index is 1.88. The van der Waals surface area contributed by atoms with Gasteiger partial charge in [-0.15, -0.1) is 0 Å². The Morgan fingerprint density at radius 3 is 2.76 bits per heavy atom. The Bertz CT molecular complexity index is 929. The molecule has 0 spiro atoms. The number of aromatic nitrogens is 3. The van der Waals surface area contributed by atoms with E-state index in [-0.39, 0.29) is 17.4 Å². The summed E-state index contributed by atoms with van der Waals surface area (Å²) in [6.07, 6.45) is 1.44. The third kappa shape index (κ3) is 3.63. The second kappa shape index (κ2) is 6.83. The summed E-state index contributed by atoms with van der Waals surface area (Å²) in [6, 6.07) is 11.8. The van der Waals surface area contributed by atoms with Crippen molar-refractivity contribution in [2.75, 3.05) is 23.4 Å². The molecule has 0 saturated carbocycles. The van der Waals surface area contributed by atoms with Gasteiger partial charge in [-0.2, -0.15) is 4.98 Å². The maximum absolute atomic E-state index is 12.2. The van der Waals surface area contributed by atoms with Crippen LogP contribution in [0.25, 0.3) is 11.3 Å². The lowest BCUT2D eigenvalue weighted by molar-refractivity contribution is 0.101. The summed E-state index contributed by atoms with van der Waals surface area (Å²) >= 11 is 0. The van der Waals surface area contributed by atoms with Crippen LogP contribution in [0.3, 0.4) is 0 Å². The summed E-state index contributed by atoms with van der Waals surface area (Å²) in [6.45, 7) is 0. The van der Waals surface area contributed by atoms with Crippen molar-refractivity contribution in [1.29, 1.82) is 0 Å². The Morgan fingerprint density at radius 2 is 2.00 bits per heavy atom. The van der Waals surface area contributed by atoms with Gasteiger partial charge in [-0.05, 0) is 24.3 Å². The van der Waals surface area contributed by atoms with Crippen LogP contribution in [0.1, 0.15) is 10.5 Å². The zero-order valence-electron chi connectivity index (χ0n) is 13.4. The van der Waals surface area contributed by atoms with Crippen molar-refractivity contribution in [3.63, 3.8) is 0 Å². The minimum absolute atomic E-state index is 0.0448. The van der Waals surface area contributed by atoms with E-state index in [4.69, 9.17) is 5.73 Å². The van der Waals surface area contributed by atoms with Gasteiger partial charge in [0.25, 0.3) is 5.91 Å². The van der Waals surface area contributed by atoms with Gasteiger partial charge in [0.05, 0.1) is 5.69 Å². The molecule has 0 fully saturated rings. The van der Waals surface area contributed by atoms with E-state index in [1.807, 2.05) is 6.07 Å². The largest absolute Gasteiger partial charge is 0.505 e. The van der Waals surface area contributed by atoms with Crippen LogP contribution in [0.2, 0.25) is 0 Å². The van der Waals surface area contributed by atoms with E-state index in [1.165, 1.54) is 12.3 Å². The Hall–Kier alpha value is -3.68. The molecule has 126 valence electrons. The van der Waals surface area contributed by atoms with E-state index in [2.05, 4.69) is 25.6 Å². The van der Waals surface area contributed by atoms with Crippen LogP contribution >= 0.6 is 0 Å². The van der Waals surface area contributed by atoms with Gasteiger partial charge in [-0.1, -0.05) is 12.1 Å². The summed E-state index contributed by atoms with van der Waals surface area (Å²) in [4.78, 5) is 24.4. The van der Waals surface area contributed by atoms with Crippen LogP contribution < -0.4 is 16.4 Å². The molecule has 0 atom stereocenters. The molecule has 0 bridgehead atoms. The average molecular weight is 336 g/mol. The lowest BCUT2D eigenvalue weighted by atomic mass is 10.1. The van der Waals surface area contributed by atoms with Gasteiger partial charge >= 0.3 is 0 Å². The topological polar surface area (TPSA) is 126 Å². The monoisotopic (exact) mass is 336 g/mol. The van der Waals surface area contributed by atoms with Gasteiger partial charge in [-0.25, -0.2) is 9.97 Å². The number of benzene rings is 1. The number of carbonyl (C=O) groups is 1. The molecule has 0 aliphatic rings. The van der Waals surface area contributed by atoms with E-state index in [1.54, 1.807) is 37.4 Å². The number of nitrogen functional groups attached to an aromatic ring is 1. The molecule has 3 aromatic rings. The van der Waals surface area contributed by atoms with E-state index >= 15 is 0 Å². The number of rotatable bonds is 4. The maximum atomic E-state index is 12.2. The van der Waals surface area contributed by atoms with E-state index in [0.29, 0.717) is 17.2 Å². The van der Waals surface area contributed by atoms with Crippen molar-refractivity contribution in [2.24, 2.45) is 0 Å². The van der Waals surface area contributed by atoms with Crippen molar-refractivity contribution in [2.45, 2.75) is 0 Å². The molecule has 0 aliphatic carbocycles. The number of nitrogens with one attached hydrogen (secondary N) is 2. The van der Waals surface area contributed by atoms with Crippen LogP contribution in [-0.4, -0.2) is 33.0 Å². The first kappa shape index (κ1) is 16.2. The number of pyridine rings is 1. The number of hydrogen-bond donors (Lipinski definition) is 4. The zero-order chi connectivity index (χ0) is 17.8. The zero-order valence-corrected chi connectivity index (χ0v) is 13.4. The summed E-state index contributed by atoms with van der Waals surface area (Å²) in [5, 5.41) is 15.3. The minimum atomic E-state index is -0.506. The van der Waals surface area contributed by atoms with Gasteiger partial charge in [0.15, 0.2) is 5.69 Å². The third-order valence-electron chi connectivity index (χ3n) is 3.42. The number of aromatic hydroxyl groups is 1. The van der Waals surface area contributed by atoms with Gasteiger partial charge in [-0.3, -0.25) is 4.79 Å². The SMILES string of the molecule is CNc1cc(-c2cccc(NC(=O)c3ncccc3O)c2)nc(N)n1. The molecule has 0 aliphatic heterocycles. The lowest BCUT2D eigenvalue weighted by Crippen LogP contribution is -2.13. The first-order valence-corrected chi connectivity index (χ1v) is 7.45. The van der Waals surface area contributed by atoms with Crippen molar-refractivity contribution < 1.29 is 9.90 Å². The molecule has 0 radical (unpaired) electrons. The molecule has 0 unspecified atom stereocenters. The second-order valence-electron chi connectivity index (χ2n) is 5.15. The van der Waals surface area contributed by atoms with Crippen LogP contribution in [0.15, 0.2) is 48.7 Å². The fourth-order valence-electron chi connectivity index (χ4n) is 2.26. The fourth-order valence-corrected chi connectivity index (χ4v) is 2.26. The minimum Gasteiger partial charge on any atom is -0.505 e. The highest BCUT2D eigenvalue weighted by Crippen LogP contribution is 2.24. The van der Waals surface area contributed by atoms with Crippen molar-refractivity contribution in [3.8, 4) is 17.0 Å². The molecule has 3 rings (SSSR count). The van der Waals surface area contributed by atoms with Crippen LogP contribution in [0, 0.1) is 0 Å². The molecule has 1 amide bonds. The Morgan fingerprint density at radius 1 is 1.16 bits per heavy atom. The van der Waals surface area contributed by atoms with Crippen LogP contribution in [-0.2, 0) is 0 Å². The number of anilines is 3. The molecule has 5 N–H and O–H groups in total. The van der Waals surface area contributed by atoms with Crippen LogP contribution in [0.5, 0.6) is 5.75 Å². The van der Waals surface area contributed by atoms with Crippen LogP contribution in [0.4, 0.5) is 17.5 Å². The quantitative estimate of drug-likeness (QED) is 0.575. The van der Waals surface area contributed by atoms with Crippen molar-refractivity contribution in [3.05, 3.63) is 54.4 Å². The molecule has 2 heterocycles. The number of nitrogens with zero attached hydrogens (tertiary/aromatic N) is 3. The van der Waals surface area contributed by atoms with Gasteiger partial charge in [0.2, 0.25) is 5.95 Å². The first-order valence-electron chi connectivity index (χ1n) is 7.45. The number of amides is 1. The summed E-state index contributed by atoms with van der Waals surface area (Å²) < 4.78 is 0. The molecular weight excluding hydrogens is 320 g/mol. The number of hydrogen-bond acceptors (Lipinski definition) is 7. The highest BCUT2D eigenvalue weighted by molar-refractivity contribution is 6.04. The fraction of sp³-hybridized carbons (Fsp3) is 0.0588. The Labute approximate surface area is 143 Å². The smallest absolute Gasteiger partial charge is 0.278 e. The van der Waals surface area contributed by atoms with Gasteiger partial charge in [0, 0.05) is 30.6 Å².